The van der Waals surface area contributed by atoms with E-state index in [-0.39, 0.29) is 11.6 Å². The molecule has 1 unspecified atom stereocenters. The molecule has 0 bridgehead atoms. The van der Waals surface area contributed by atoms with E-state index < -0.39 is 0 Å². The predicted octanol–water partition coefficient (Wildman–Crippen LogP) is 4.18. The van der Waals surface area contributed by atoms with Crippen LogP contribution in [0.1, 0.15) is 70.5 Å². The van der Waals surface area contributed by atoms with E-state index >= 15 is 0 Å². The SMILES string of the molecule is CCCn1ncc(Br)c1C(N)C1(OCC)CCCCCC1. The molecule has 120 valence electrons. The molecule has 1 aromatic rings. The van der Waals surface area contributed by atoms with Crippen molar-refractivity contribution in [1.29, 1.82) is 0 Å². The Morgan fingerprint density at radius 3 is 2.57 bits per heavy atom. The van der Waals surface area contributed by atoms with Crippen LogP contribution in [0.25, 0.3) is 0 Å². The van der Waals surface area contributed by atoms with Gasteiger partial charge in [-0.3, -0.25) is 4.68 Å². The number of nitrogens with zero attached hydrogens (tertiary/aromatic N) is 2. The van der Waals surface area contributed by atoms with Crippen LogP contribution < -0.4 is 5.73 Å². The minimum atomic E-state index is -0.237. The first kappa shape index (κ1) is 17.0. The van der Waals surface area contributed by atoms with E-state index in [1.54, 1.807) is 0 Å². The van der Waals surface area contributed by atoms with Crippen molar-refractivity contribution in [3.63, 3.8) is 0 Å². The first-order valence-electron chi connectivity index (χ1n) is 8.25. The van der Waals surface area contributed by atoms with Crippen molar-refractivity contribution in [3.05, 3.63) is 16.4 Å². The van der Waals surface area contributed by atoms with Crippen LogP contribution in [-0.2, 0) is 11.3 Å². The van der Waals surface area contributed by atoms with Gasteiger partial charge in [-0.1, -0.05) is 32.6 Å². The van der Waals surface area contributed by atoms with Gasteiger partial charge in [0.25, 0.3) is 0 Å². The summed E-state index contributed by atoms with van der Waals surface area (Å²) in [6.07, 6.45) is 9.99. The molecule has 4 nitrogen and oxygen atoms in total. The summed E-state index contributed by atoms with van der Waals surface area (Å²) < 4.78 is 9.29. The monoisotopic (exact) mass is 357 g/mol. The number of hydrogen-bond donors (Lipinski definition) is 1. The molecule has 0 radical (unpaired) electrons. The van der Waals surface area contributed by atoms with Gasteiger partial charge in [0.1, 0.15) is 0 Å². The van der Waals surface area contributed by atoms with E-state index in [0.717, 1.165) is 36.0 Å². The molecule has 0 aromatic carbocycles. The van der Waals surface area contributed by atoms with Crippen LogP contribution in [0.15, 0.2) is 10.7 Å². The topological polar surface area (TPSA) is 53.1 Å². The third-order valence-electron chi connectivity index (χ3n) is 4.51. The highest BCUT2D eigenvalue weighted by atomic mass is 79.9. The van der Waals surface area contributed by atoms with E-state index in [1.807, 2.05) is 10.9 Å². The summed E-state index contributed by atoms with van der Waals surface area (Å²) in [7, 11) is 0. The van der Waals surface area contributed by atoms with Crippen molar-refractivity contribution in [2.45, 2.75) is 77.0 Å². The Balaban J connectivity index is 2.33. The fourth-order valence-corrected chi connectivity index (χ4v) is 4.02. The molecule has 0 amide bonds. The van der Waals surface area contributed by atoms with Crippen molar-refractivity contribution in [2.24, 2.45) is 5.73 Å². The van der Waals surface area contributed by atoms with E-state index in [9.17, 15) is 0 Å². The molecular formula is C16H28BrN3O. The summed E-state index contributed by atoms with van der Waals surface area (Å²) in [6, 6.07) is -0.126. The van der Waals surface area contributed by atoms with Gasteiger partial charge < -0.3 is 10.5 Å². The quantitative estimate of drug-likeness (QED) is 0.776. The molecule has 1 atom stereocenters. The third kappa shape index (κ3) is 3.69. The maximum atomic E-state index is 6.72. The second kappa shape index (κ2) is 7.75. The lowest BCUT2D eigenvalue weighted by molar-refractivity contribution is -0.0713. The lowest BCUT2D eigenvalue weighted by Gasteiger charge is -2.38. The van der Waals surface area contributed by atoms with Crippen LogP contribution in [0.3, 0.4) is 0 Å². The highest BCUT2D eigenvalue weighted by Gasteiger charge is 2.41. The average molecular weight is 358 g/mol. The van der Waals surface area contributed by atoms with Crippen molar-refractivity contribution in [2.75, 3.05) is 6.61 Å². The molecule has 2 N–H and O–H groups in total. The Bertz CT molecular complexity index is 439. The van der Waals surface area contributed by atoms with Gasteiger partial charge >= 0.3 is 0 Å². The molecule has 0 aliphatic heterocycles. The molecule has 5 heteroatoms. The standard InChI is InChI=1S/C16H28BrN3O/c1-3-11-20-14(13(17)12-19-20)15(18)16(21-4-2)9-7-5-6-8-10-16/h12,15H,3-11,18H2,1-2H3. The minimum Gasteiger partial charge on any atom is -0.373 e. The molecule has 1 fully saturated rings. The van der Waals surface area contributed by atoms with Gasteiger partial charge in [-0.25, -0.2) is 0 Å². The summed E-state index contributed by atoms with van der Waals surface area (Å²) in [6.45, 7) is 5.84. The zero-order chi connectivity index (χ0) is 15.3. The van der Waals surface area contributed by atoms with Gasteiger partial charge in [-0.2, -0.15) is 5.10 Å². The highest BCUT2D eigenvalue weighted by Crippen LogP contribution is 2.41. The Morgan fingerprint density at radius 1 is 1.33 bits per heavy atom. The predicted molar refractivity (Wildman–Crippen MR) is 89.2 cm³/mol. The van der Waals surface area contributed by atoms with Crippen LogP contribution in [0.2, 0.25) is 0 Å². The van der Waals surface area contributed by atoms with Crippen LogP contribution in [0.4, 0.5) is 0 Å². The van der Waals surface area contributed by atoms with Crippen molar-refractivity contribution in [3.8, 4) is 0 Å². The first-order chi connectivity index (χ1) is 10.1. The number of hydrogen-bond acceptors (Lipinski definition) is 3. The third-order valence-corrected chi connectivity index (χ3v) is 5.12. The van der Waals surface area contributed by atoms with Crippen LogP contribution in [-0.4, -0.2) is 22.0 Å². The van der Waals surface area contributed by atoms with E-state index in [0.29, 0.717) is 6.61 Å². The summed E-state index contributed by atoms with van der Waals surface area (Å²) in [5, 5.41) is 4.47. The molecule has 1 saturated carbocycles. The van der Waals surface area contributed by atoms with Gasteiger partial charge in [0.2, 0.25) is 0 Å². The molecule has 2 rings (SSSR count). The van der Waals surface area contributed by atoms with Crippen LogP contribution in [0, 0.1) is 0 Å². The van der Waals surface area contributed by atoms with E-state index in [2.05, 4.69) is 34.9 Å². The fraction of sp³-hybridized carbons (Fsp3) is 0.812. The number of rotatable bonds is 6. The number of halogens is 1. The average Bonchev–Trinajstić information content (AvgIpc) is 2.69. The summed E-state index contributed by atoms with van der Waals surface area (Å²) >= 11 is 3.63. The zero-order valence-corrected chi connectivity index (χ0v) is 14.9. The second-order valence-corrected chi connectivity index (χ2v) is 6.84. The zero-order valence-electron chi connectivity index (χ0n) is 13.3. The van der Waals surface area contributed by atoms with Gasteiger partial charge in [0, 0.05) is 13.2 Å². The molecule has 21 heavy (non-hydrogen) atoms. The summed E-state index contributed by atoms with van der Waals surface area (Å²) in [5.41, 5.74) is 7.57. The minimum absolute atomic E-state index is 0.126. The van der Waals surface area contributed by atoms with Gasteiger partial charge in [0.05, 0.1) is 28.0 Å². The Morgan fingerprint density at radius 2 is 2.00 bits per heavy atom. The van der Waals surface area contributed by atoms with Gasteiger partial charge in [-0.05, 0) is 42.1 Å². The normalized spacial score (nSPS) is 20.2. The number of aromatic nitrogens is 2. The first-order valence-corrected chi connectivity index (χ1v) is 9.04. The number of ether oxygens (including phenoxy) is 1. The van der Waals surface area contributed by atoms with E-state index in [4.69, 9.17) is 10.5 Å². The highest BCUT2D eigenvalue weighted by molar-refractivity contribution is 9.10. The van der Waals surface area contributed by atoms with E-state index in [1.165, 1.54) is 25.7 Å². The Hall–Kier alpha value is -0.390. The molecule has 1 heterocycles. The van der Waals surface area contributed by atoms with Gasteiger partial charge in [0.15, 0.2) is 0 Å². The fourth-order valence-electron chi connectivity index (χ4n) is 3.48. The van der Waals surface area contributed by atoms with Crippen LogP contribution >= 0.6 is 15.9 Å². The Kier molecular flexibility index (Phi) is 6.26. The molecular weight excluding hydrogens is 330 g/mol. The summed E-state index contributed by atoms with van der Waals surface area (Å²) in [4.78, 5) is 0. The maximum Gasteiger partial charge on any atom is 0.0889 e. The lowest BCUT2D eigenvalue weighted by atomic mass is 9.84. The molecule has 1 aliphatic rings. The molecule has 1 aliphatic carbocycles. The Labute approximate surface area is 136 Å². The van der Waals surface area contributed by atoms with Crippen molar-refractivity contribution in [1.82, 2.24) is 9.78 Å². The number of nitrogens with two attached hydrogens (primary N) is 1. The molecule has 0 saturated heterocycles. The smallest absolute Gasteiger partial charge is 0.0889 e. The molecule has 1 aromatic heterocycles. The number of aryl methyl sites for hydroxylation is 1. The lowest BCUT2D eigenvalue weighted by Crippen LogP contribution is -2.44. The molecule has 0 spiro atoms. The van der Waals surface area contributed by atoms with Gasteiger partial charge in [-0.15, -0.1) is 0 Å². The van der Waals surface area contributed by atoms with Crippen molar-refractivity contribution >= 4 is 15.9 Å². The van der Waals surface area contributed by atoms with Crippen molar-refractivity contribution < 1.29 is 4.74 Å². The maximum absolute atomic E-state index is 6.72. The van der Waals surface area contributed by atoms with Crippen LogP contribution in [0.5, 0.6) is 0 Å². The second-order valence-electron chi connectivity index (χ2n) is 5.99. The summed E-state index contributed by atoms with van der Waals surface area (Å²) in [5.74, 6) is 0. The largest absolute Gasteiger partial charge is 0.373 e.